The molecule has 0 aliphatic carbocycles. The summed E-state index contributed by atoms with van der Waals surface area (Å²) in [4.78, 5) is 14.1. The summed E-state index contributed by atoms with van der Waals surface area (Å²) < 4.78 is 13.0. The van der Waals surface area contributed by atoms with Gasteiger partial charge >= 0.3 is 0 Å². The van der Waals surface area contributed by atoms with E-state index in [-0.39, 0.29) is 22.3 Å². The first kappa shape index (κ1) is 15.3. The van der Waals surface area contributed by atoms with Crippen LogP contribution in [-0.4, -0.2) is 35.2 Å². The number of thioether (sulfide) groups is 1. The van der Waals surface area contributed by atoms with Crippen LogP contribution < -0.4 is 5.32 Å². The van der Waals surface area contributed by atoms with Crippen LogP contribution in [0.4, 0.5) is 4.39 Å². The molecule has 1 fully saturated rings. The summed E-state index contributed by atoms with van der Waals surface area (Å²) in [5.74, 6) is -0.0842. The number of rotatable bonds is 5. The van der Waals surface area contributed by atoms with Crippen molar-refractivity contribution in [2.45, 2.75) is 37.4 Å². The third-order valence-electron chi connectivity index (χ3n) is 3.31. The number of hydrogen-bond donors (Lipinski definition) is 1. The summed E-state index contributed by atoms with van der Waals surface area (Å²) >= 11 is 1.63. The van der Waals surface area contributed by atoms with Gasteiger partial charge < -0.3 is 10.2 Å². The van der Waals surface area contributed by atoms with Crippen LogP contribution in [0.1, 0.15) is 31.7 Å². The Bertz CT molecular complexity index is 463. The topological polar surface area (TPSA) is 32.3 Å². The number of carbonyl (C=O) groups excluding carboxylic acids is 1. The summed E-state index contributed by atoms with van der Waals surface area (Å²) in [5, 5.41) is 3.28. The molecule has 2 rings (SSSR count). The van der Waals surface area contributed by atoms with Crippen molar-refractivity contribution in [2.75, 3.05) is 13.1 Å². The minimum atomic E-state index is -0.246. The number of carbonyl (C=O) groups is 1. The molecule has 1 aromatic carbocycles. The Morgan fingerprint density at radius 3 is 2.60 bits per heavy atom. The van der Waals surface area contributed by atoms with Gasteiger partial charge in [-0.1, -0.05) is 26.0 Å². The van der Waals surface area contributed by atoms with Gasteiger partial charge in [-0.25, -0.2) is 4.39 Å². The molecule has 2 atom stereocenters. The molecule has 1 heterocycles. The van der Waals surface area contributed by atoms with Crippen LogP contribution >= 0.6 is 11.8 Å². The number of amides is 1. The van der Waals surface area contributed by atoms with E-state index >= 15 is 0 Å². The fourth-order valence-corrected chi connectivity index (χ4v) is 3.57. The highest BCUT2D eigenvalue weighted by Gasteiger charge is 2.37. The Balaban J connectivity index is 2.09. The predicted molar refractivity (Wildman–Crippen MR) is 81.0 cm³/mol. The zero-order valence-electron chi connectivity index (χ0n) is 12.1. The third kappa shape index (κ3) is 3.52. The van der Waals surface area contributed by atoms with Gasteiger partial charge in [0.15, 0.2) is 0 Å². The van der Waals surface area contributed by atoms with Gasteiger partial charge in [0.1, 0.15) is 11.2 Å². The molecule has 5 heteroatoms. The van der Waals surface area contributed by atoms with Crippen molar-refractivity contribution in [1.82, 2.24) is 10.2 Å². The molecule has 1 N–H and O–H groups in total. The SMILES string of the molecule is CC(C)NCCN1C(=O)C(C)SC1c1ccc(F)cc1. The van der Waals surface area contributed by atoms with Crippen molar-refractivity contribution < 1.29 is 9.18 Å². The Kier molecular flexibility index (Phi) is 5.05. The molecule has 110 valence electrons. The van der Waals surface area contributed by atoms with Crippen molar-refractivity contribution >= 4 is 17.7 Å². The molecule has 20 heavy (non-hydrogen) atoms. The zero-order valence-corrected chi connectivity index (χ0v) is 12.9. The second-order valence-corrected chi connectivity index (χ2v) is 6.75. The minimum absolute atomic E-state index is 0.00735. The average Bonchev–Trinajstić information content (AvgIpc) is 2.67. The van der Waals surface area contributed by atoms with E-state index in [1.54, 1.807) is 23.9 Å². The number of nitrogens with one attached hydrogen (secondary N) is 1. The highest BCUT2D eigenvalue weighted by molar-refractivity contribution is 8.01. The van der Waals surface area contributed by atoms with E-state index in [1.807, 2.05) is 11.8 Å². The molecule has 1 aromatic rings. The Labute approximate surface area is 123 Å². The van der Waals surface area contributed by atoms with Gasteiger partial charge in [-0.3, -0.25) is 4.79 Å². The summed E-state index contributed by atoms with van der Waals surface area (Å²) in [6, 6.07) is 6.84. The van der Waals surface area contributed by atoms with Crippen molar-refractivity contribution in [2.24, 2.45) is 0 Å². The van der Waals surface area contributed by atoms with Crippen LogP contribution in [-0.2, 0) is 4.79 Å². The van der Waals surface area contributed by atoms with E-state index in [2.05, 4.69) is 19.2 Å². The molecule has 0 aromatic heterocycles. The maximum atomic E-state index is 13.0. The van der Waals surface area contributed by atoms with Crippen LogP contribution in [0.15, 0.2) is 24.3 Å². The van der Waals surface area contributed by atoms with Gasteiger partial charge in [-0.2, -0.15) is 0 Å². The summed E-state index contributed by atoms with van der Waals surface area (Å²) in [6.45, 7) is 7.55. The molecule has 2 unspecified atom stereocenters. The summed E-state index contributed by atoms with van der Waals surface area (Å²) in [6.07, 6.45) is 0. The van der Waals surface area contributed by atoms with Gasteiger partial charge in [0, 0.05) is 19.1 Å². The van der Waals surface area contributed by atoms with Crippen molar-refractivity contribution in [3.05, 3.63) is 35.6 Å². The Morgan fingerprint density at radius 1 is 1.35 bits per heavy atom. The molecule has 3 nitrogen and oxygen atoms in total. The number of hydrogen-bond acceptors (Lipinski definition) is 3. The first-order valence-corrected chi connectivity index (χ1v) is 7.88. The van der Waals surface area contributed by atoms with E-state index in [9.17, 15) is 9.18 Å². The highest BCUT2D eigenvalue weighted by Crippen LogP contribution is 2.42. The fourth-order valence-electron chi connectivity index (χ4n) is 2.26. The van der Waals surface area contributed by atoms with Crippen LogP contribution in [0.3, 0.4) is 0 Å². The molecule has 1 aliphatic rings. The van der Waals surface area contributed by atoms with Gasteiger partial charge in [0.25, 0.3) is 0 Å². The lowest BCUT2D eigenvalue weighted by molar-refractivity contribution is -0.129. The van der Waals surface area contributed by atoms with Gasteiger partial charge in [-0.15, -0.1) is 11.8 Å². The second kappa shape index (κ2) is 6.59. The minimum Gasteiger partial charge on any atom is -0.324 e. The van der Waals surface area contributed by atoms with Crippen LogP contribution in [0, 0.1) is 5.82 Å². The Hall–Kier alpha value is -1.07. The lowest BCUT2D eigenvalue weighted by atomic mass is 10.2. The zero-order chi connectivity index (χ0) is 14.7. The summed E-state index contributed by atoms with van der Waals surface area (Å²) in [5.41, 5.74) is 0.985. The van der Waals surface area contributed by atoms with Crippen molar-refractivity contribution in [1.29, 1.82) is 0 Å². The van der Waals surface area contributed by atoms with E-state index in [1.165, 1.54) is 12.1 Å². The van der Waals surface area contributed by atoms with Gasteiger partial charge in [0.05, 0.1) is 5.25 Å². The molecule has 0 bridgehead atoms. The smallest absolute Gasteiger partial charge is 0.236 e. The number of nitrogens with zero attached hydrogens (tertiary/aromatic N) is 1. The van der Waals surface area contributed by atoms with Crippen LogP contribution in [0.2, 0.25) is 0 Å². The average molecular weight is 296 g/mol. The van der Waals surface area contributed by atoms with Gasteiger partial charge in [-0.05, 0) is 24.6 Å². The quantitative estimate of drug-likeness (QED) is 0.907. The predicted octanol–water partition coefficient (Wildman–Crippen LogP) is 2.79. The molecule has 0 radical (unpaired) electrons. The second-order valence-electron chi connectivity index (χ2n) is 5.32. The van der Waals surface area contributed by atoms with Crippen LogP contribution in [0.5, 0.6) is 0 Å². The van der Waals surface area contributed by atoms with E-state index in [0.717, 1.165) is 12.1 Å². The number of benzene rings is 1. The molecular weight excluding hydrogens is 275 g/mol. The maximum absolute atomic E-state index is 13.0. The first-order valence-electron chi connectivity index (χ1n) is 6.94. The first-order chi connectivity index (χ1) is 9.49. The normalized spacial score (nSPS) is 22.9. The standard InChI is InChI=1S/C15H21FN2OS/c1-10(2)17-8-9-18-14(19)11(3)20-15(18)12-4-6-13(16)7-5-12/h4-7,10-11,15,17H,8-9H2,1-3H3. The molecule has 1 amide bonds. The van der Waals surface area contributed by atoms with Crippen molar-refractivity contribution in [3.8, 4) is 0 Å². The van der Waals surface area contributed by atoms with Crippen LogP contribution in [0.25, 0.3) is 0 Å². The lowest BCUT2D eigenvalue weighted by Gasteiger charge is -2.24. The van der Waals surface area contributed by atoms with E-state index < -0.39 is 0 Å². The fraction of sp³-hybridized carbons (Fsp3) is 0.533. The monoisotopic (exact) mass is 296 g/mol. The number of halogens is 1. The third-order valence-corrected chi connectivity index (χ3v) is 4.70. The largest absolute Gasteiger partial charge is 0.324 e. The Morgan fingerprint density at radius 2 is 2.00 bits per heavy atom. The lowest BCUT2D eigenvalue weighted by Crippen LogP contribution is -2.38. The van der Waals surface area contributed by atoms with E-state index in [4.69, 9.17) is 0 Å². The molecule has 0 saturated carbocycles. The van der Waals surface area contributed by atoms with Gasteiger partial charge in [0.2, 0.25) is 5.91 Å². The highest BCUT2D eigenvalue weighted by atomic mass is 32.2. The summed E-state index contributed by atoms with van der Waals surface area (Å²) in [7, 11) is 0. The molecular formula is C15H21FN2OS. The van der Waals surface area contributed by atoms with E-state index in [0.29, 0.717) is 12.6 Å². The molecule has 0 spiro atoms. The molecule has 1 aliphatic heterocycles. The molecule has 1 saturated heterocycles. The maximum Gasteiger partial charge on any atom is 0.236 e. The van der Waals surface area contributed by atoms with Crippen molar-refractivity contribution in [3.63, 3.8) is 0 Å².